The summed E-state index contributed by atoms with van der Waals surface area (Å²) in [4.78, 5) is 61.8. The average molecular weight is 633 g/mol. The molecular weight excluding hydrogens is 592 g/mol. The molecule has 1 aliphatic heterocycles. The van der Waals surface area contributed by atoms with E-state index in [0.717, 1.165) is 12.5 Å². The highest BCUT2D eigenvalue weighted by Crippen LogP contribution is 2.63. The van der Waals surface area contributed by atoms with Gasteiger partial charge in [0.05, 0.1) is 23.4 Å². The van der Waals surface area contributed by atoms with E-state index in [1.807, 2.05) is 6.92 Å². The fourth-order valence-electron chi connectivity index (χ4n) is 6.76. The number of aromatic hydroxyl groups is 1. The van der Waals surface area contributed by atoms with Crippen molar-refractivity contribution in [3.63, 3.8) is 0 Å². The number of rotatable bonds is 14. The summed E-state index contributed by atoms with van der Waals surface area (Å²) in [5, 5.41) is 46.9. The van der Waals surface area contributed by atoms with Crippen molar-refractivity contribution in [2.75, 3.05) is 13.6 Å². The number of hydrogen-bond donors (Lipinski definition) is 6. The molecule has 246 valence electrons. The lowest BCUT2D eigenvalue weighted by Crippen LogP contribution is -2.70. The zero-order valence-electron chi connectivity index (χ0n) is 25.6. The van der Waals surface area contributed by atoms with Crippen molar-refractivity contribution in [1.82, 2.24) is 10.6 Å². The number of amides is 1. The van der Waals surface area contributed by atoms with Crippen molar-refractivity contribution >= 4 is 29.6 Å². The Labute approximate surface area is 259 Å². The minimum Gasteiger partial charge on any atom is -0.504 e. The summed E-state index contributed by atoms with van der Waals surface area (Å²) in [5.74, 6) is -5.90. The summed E-state index contributed by atoms with van der Waals surface area (Å²) < 4.78 is 16.9. The number of aliphatic hydroxyl groups is 2. The van der Waals surface area contributed by atoms with E-state index in [2.05, 4.69) is 10.6 Å². The topological polar surface area (TPSA) is 218 Å². The molecule has 0 spiro atoms. The van der Waals surface area contributed by atoms with Gasteiger partial charge in [-0.2, -0.15) is 0 Å². The Morgan fingerprint density at radius 2 is 1.87 bits per heavy atom. The van der Waals surface area contributed by atoms with Crippen molar-refractivity contribution in [3.05, 3.63) is 35.1 Å². The number of phenols is 1. The second kappa shape index (κ2) is 13.2. The number of carboxylic acid groups (broad SMARTS) is 1. The molecule has 0 saturated carbocycles. The van der Waals surface area contributed by atoms with Gasteiger partial charge in [-0.15, -0.1) is 0 Å². The molecule has 7 atom stereocenters. The quantitative estimate of drug-likeness (QED) is 0.153. The van der Waals surface area contributed by atoms with Crippen LogP contribution < -0.4 is 15.4 Å². The molecule has 6 N–H and O–H groups in total. The van der Waals surface area contributed by atoms with Gasteiger partial charge >= 0.3 is 17.9 Å². The normalized spacial score (nSPS) is 26.3. The van der Waals surface area contributed by atoms with Crippen LogP contribution in [-0.4, -0.2) is 93.6 Å². The molecule has 0 saturated heterocycles. The summed E-state index contributed by atoms with van der Waals surface area (Å²) in [6.07, 6.45) is -2.72. The standard InChI is InChI=1S/C31H40N2O12/c1-5-30-24-17-6-7-20(36)25(24)45-26(30)21(8-10-31(30,42)22(13-17)32-4)44-23(37)14-18(29(41)43-16(3)28(39)40)12-19(35)9-11-33-27(38)15(2)34/h6-8,15-16,18,22,26,32,34,36,42H,5,9-14H2,1-4H3,(H,33,38)(H,39,40)/t15-,16-,18-,22+,26-,30-,31+/m0/s1. The highest BCUT2D eigenvalue weighted by atomic mass is 16.6. The van der Waals surface area contributed by atoms with E-state index in [-0.39, 0.29) is 42.7 Å². The molecule has 0 aromatic heterocycles. The van der Waals surface area contributed by atoms with E-state index < -0.39 is 77.7 Å². The van der Waals surface area contributed by atoms with Crippen LogP contribution in [0.4, 0.5) is 0 Å². The van der Waals surface area contributed by atoms with Crippen LogP contribution in [0.2, 0.25) is 0 Å². The Balaban J connectivity index is 1.55. The molecule has 1 amide bonds. The average Bonchev–Trinajstić information content (AvgIpc) is 3.36. The van der Waals surface area contributed by atoms with Crippen LogP contribution in [0.3, 0.4) is 0 Å². The first-order valence-electron chi connectivity index (χ1n) is 14.9. The molecule has 1 aromatic rings. The van der Waals surface area contributed by atoms with Crippen molar-refractivity contribution in [2.45, 2.75) is 94.7 Å². The van der Waals surface area contributed by atoms with Crippen LogP contribution in [0.1, 0.15) is 64.0 Å². The number of Topliss-reactive ketones (excluding diaryl/α,β-unsaturated/α-hetero) is 1. The highest BCUT2D eigenvalue weighted by molar-refractivity contribution is 5.89. The molecule has 1 aromatic carbocycles. The van der Waals surface area contributed by atoms with Crippen LogP contribution in [0.5, 0.6) is 11.5 Å². The first kappa shape index (κ1) is 33.9. The Morgan fingerprint density at radius 1 is 1.16 bits per heavy atom. The van der Waals surface area contributed by atoms with Crippen LogP contribution >= 0.6 is 0 Å². The second-order valence-electron chi connectivity index (χ2n) is 11.8. The van der Waals surface area contributed by atoms with Crippen molar-refractivity contribution in [2.24, 2.45) is 5.92 Å². The first-order chi connectivity index (χ1) is 21.2. The predicted molar refractivity (Wildman–Crippen MR) is 155 cm³/mol. The Morgan fingerprint density at radius 3 is 2.49 bits per heavy atom. The van der Waals surface area contributed by atoms with Gasteiger partial charge in [-0.1, -0.05) is 13.0 Å². The van der Waals surface area contributed by atoms with Gasteiger partial charge < -0.3 is 45.3 Å². The number of ketones is 1. The molecule has 0 fully saturated rings. The minimum atomic E-state index is -1.54. The van der Waals surface area contributed by atoms with Crippen molar-refractivity contribution in [3.8, 4) is 11.5 Å². The number of esters is 2. The molecule has 0 radical (unpaired) electrons. The van der Waals surface area contributed by atoms with Gasteiger partial charge in [0.2, 0.25) is 5.91 Å². The molecule has 3 aliphatic rings. The highest BCUT2D eigenvalue weighted by Gasteiger charge is 2.69. The third kappa shape index (κ3) is 6.14. The van der Waals surface area contributed by atoms with E-state index in [9.17, 15) is 44.4 Å². The molecule has 0 bridgehead atoms. The number of hydrogen-bond acceptors (Lipinski definition) is 12. The largest absolute Gasteiger partial charge is 0.504 e. The summed E-state index contributed by atoms with van der Waals surface area (Å²) >= 11 is 0. The number of aliphatic carboxylic acids is 1. The summed E-state index contributed by atoms with van der Waals surface area (Å²) in [6.45, 7) is 4.13. The Bertz CT molecular complexity index is 1410. The lowest BCUT2D eigenvalue weighted by Gasteiger charge is -2.56. The number of carbonyl (C=O) groups is 5. The van der Waals surface area contributed by atoms with Gasteiger partial charge in [0, 0.05) is 37.4 Å². The third-order valence-electron chi connectivity index (χ3n) is 9.08. The number of phenolic OH excluding ortho intramolecular Hbond substituents is 1. The zero-order valence-corrected chi connectivity index (χ0v) is 25.6. The van der Waals surface area contributed by atoms with E-state index >= 15 is 0 Å². The third-order valence-corrected chi connectivity index (χ3v) is 9.08. The Kier molecular flexibility index (Phi) is 9.90. The van der Waals surface area contributed by atoms with Gasteiger partial charge in [0.25, 0.3) is 0 Å². The smallest absolute Gasteiger partial charge is 0.344 e. The lowest BCUT2D eigenvalue weighted by atomic mass is 9.52. The SMILES string of the molecule is CC[C@]12c3c4ccc(O)c3O[C@H]1C(OC(=O)C[C@H](CC(=O)CCNC(=O)[C@H](C)O)C(=O)O[C@@H](C)C(=O)O)=CC[C@@]2(O)[C@H](NC)C4. The second-order valence-corrected chi connectivity index (χ2v) is 11.8. The van der Waals surface area contributed by atoms with Gasteiger partial charge in [-0.05, 0) is 51.4 Å². The number of ether oxygens (including phenoxy) is 3. The van der Waals surface area contributed by atoms with Gasteiger partial charge in [-0.3, -0.25) is 19.2 Å². The number of benzene rings is 1. The zero-order chi connectivity index (χ0) is 33.3. The number of nitrogens with one attached hydrogen (secondary N) is 2. The van der Waals surface area contributed by atoms with Crippen LogP contribution in [0.15, 0.2) is 24.0 Å². The summed E-state index contributed by atoms with van der Waals surface area (Å²) in [6, 6.07) is 2.92. The van der Waals surface area contributed by atoms with Crippen LogP contribution in [0.25, 0.3) is 0 Å². The minimum absolute atomic E-state index is 0.0722. The van der Waals surface area contributed by atoms with Crippen LogP contribution in [-0.2, 0) is 45.3 Å². The number of carbonyl (C=O) groups excluding carboxylic acids is 4. The van der Waals surface area contributed by atoms with E-state index in [1.165, 1.54) is 13.0 Å². The lowest BCUT2D eigenvalue weighted by molar-refractivity contribution is -0.168. The molecular formula is C31H40N2O12. The number of likely N-dealkylation sites (N-methyl/N-ethyl adjacent to an activating group) is 1. The first-order valence-corrected chi connectivity index (χ1v) is 14.9. The summed E-state index contributed by atoms with van der Waals surface area (Å²) in [5.41, 5.74) is -0.919. The van der Waals surface area contributed by atoms with Gasteiger partial charge in [0.15, 0.2) is 23.7 Å². The predicted octanol–water partition coefficient (Wildman–Crippen LogP) is 0.376. The molecule has 14 heteroatoms. The molecule has 0 unspecified atom stereocenters. The molecule has 14 nitrogen and oxygen atoms in total. The fraction of sp³-hybridized carbons (Fsp3) is 0.581. The van der Waals surface area contributed by atoms with E-state index in [1.54, 1.807) is 19.2 Å². The monoisotopic (exact) mass is 632 g/mol. The Hall–Kier alpha value is -4.01. The van der Waals surface area contributed by atoms with Gasteiger partial charge in [0.1, 0.15) is 17.6 Å². The van der Waals surface area contributed by atoms with Crippen LogP contribution in [0, 0.1) is 5.92 Å². The number of carboxylic acids is 1. The maximum atomic E-state index is 13.3. The number of aliphatic hydroxyl groups excluding tert-OH is 1. The fourth-order valence-corrected chi connectivity index (χ4v) is 6.76. The molecule has 2 aliphatic carbocycles. The maximum Gasteiger partial charge on any atom is 0.344 e. The van der Waals surface area contributed by atoms with Crippen molar-refractivity contribution in [1.29, 1.82) is 0 Å². The van der Waals surface area contributed by atoms with E-state index in [0.29, 0.717) is 18.4 Å². The molecule has 45 heavy (non-hydrogen) atoms. The summed E-state index contributed by atoms with van der Waals surface area (Å²) in [7, 11) is 1.75. The van der Waals surface area contributed by atoms with Gasteiger partial charge in [-0.25, -0.2) is 4.79 Å². The van der Waals surface area contributed by atoms with E-state index in [4.69, 9.17) is 14.2 Å². The maximum absolute atomic E-state index is 13.3. The molecule has 4 rings (SSSR count). The molecule has 1 heterocycles. The van der Waals surface area contributed by atoms with Crippen molar-refractivity contribution < 1.29 is 58.6 Å².